The van der Waals surface area contributed by atoms with Crippen LogP contribution >= 0.6 is 22.9 Å². The molecule has 1 heterocycles. The molecule has 1 fully saturated rings. The van der Waals surface area contributed by atoms with Crippen molar-refractivity contribution in [3.05, 3.63) is 21.3 Å². The summed E-state index contributed by atoms with van der Waals surface area (Å²) < 4.78 is 0.532. The van der Waals surface area contributed by atoms with Crippen molar-refractivity contribution in [1.82, 2.24) is 4.90 Å². The number of hydrogen-bond acceptors (Lipinski definition) is 3. The van der Waals surface area contributed by atoms with Gasteiger partial charge in [0.1, 0.15) is 5.54 Å². The minimum absolute atomic E-state index is 0.263. The highest BCUT2D eigenvalue weighted by molar-refractivity contribution is 7.17. The third kappa shape index (κ3) is 2.62. The van der Waals surface area contributed by atoms with Crippen LogP contribution in [0, 0.1) is 0 Å². The molecule has 19 heavy (non-hydrogen) atoms. The minimum atomic E-state index is -1.06. The lowest BCUT2D eigenvalue weighted by atomic mass is 9.80. The van der Waals surface area contributed by atoms with Crippen molar-refractivity contribution in [2.45, 2.75) is 37.6 Å². The first-order chi connectivity index (χ1) is 8.97. The number of amides is 1. The fourth-order valence-corrected chi connectivity index (χ4v) is 3.64. The average molecular weight is 302 g/mol. The number of carbonyl (C=O) groups is 2. The highest BCUT2D eigenvalue weighted by Crippen LogP contribution is 2.35. The number of likely N-dealkylation sites (N-methyl/N-ethyl adjacent to an activating group) is 1. The van der Waals surface area contributed by atoms with Gasteiger partial charge in [0.25, 0.3) is 5.91 Å². The number of thiophene rings is 1. The molecular weight excluding hydrogens is 286 g/mol. The SMILES string of the molecule is CN(C(=O)c1ccc(Cl)s1)C1(C(=O)O)CCCCC1. The van der Waals surface area contributed by atoms with Crippen LogP contribution in [-0.2, 0) is 4.79 Å². The molecular formula is C13H16ClNO3S. The predicted molar refractivity (Wildman–Crippen MR) is 74.9 cm³/mol. The van der Waals surface area contributed by atoms with E-state index in [1.165, 1.54) is 16.2 Å². The van der Waals surface area contributed by atoms with Gasteiger partial charge in [-0.1, -0.05) is 30.9 Å². The Kier molecular flexibility index (Phi) is 4.16. The van der Waals surface area contributed by atoms with Crippen LogP contribution in [0.5, 0.6) is 0 Å². The molecule has 0 saturated heterocycles. The molecule has 0 spiro atoms. The molecule has 4 nitrogen and oxygen atoms in total. The summed E-state index contributed by atoms with van der Waals surface area (Å²) in [6.07, 6.45) is 3.75. The molecule has 2 rings (SSSR count). The Morgan fingerprint density at radius 3 is 2.42 bits per heavy atom. The molecule has 6 heteroatoms. The van der Waals surface area contributed by atoms with Gasteiger partial charge in [0.05, 0.1) is 9.21 Å². The molecule has 0 bridgehead atoms. The number of hydrogen-bond donors (Lipinski definition) is 1. The summed E-state index contributed by atoms with van der Waals surface area (Å²) in [5.41, 5.74) is -1.06. The maximum Gasteiger partial charge on any atom is 0.329 e. The van der Waals surface area contributed by atoms with Crippen LogP contribution in [0.4, 0.5) is 0 Å². The molecule has 0 aliphatic heterocycles. The first-order valence-electron chi connectivity index (χ1n) is 6.24. The molecule has 0 radical (unpaired) electrons. The van der Waals surface area contributed by atoms with E-state index in [1.807, 2.05) is 0 Å². The van der Waals surface area contributed by atoms with Crippen LogP contribution in [0.15, 0.2) is 12.1 Å². The van der Waals surface area contributed by atoms with Crippen LogP contribution in [0.2, 0.25) is 4.34 Å². The number of rotatable bonds is 3. The molecule has 1 aliphatic rings. The Balaban J connectivity index is 2.27. The van der Waals surface area contributed by atoms with Crippen molar-refractivity contribution in [2.75, 3.05) is 7.05 Å². The third-order valence-corrected chi connectivity index (χ3v) is 5.03. The maximum atomic E-state index is 12.4. The second-order valence-corrected chi connectivity index (χ2v) is 6.58. The quantitative estimate of drug-likeness (QED) is 0.932. The average Bonchev–Trinajstić information content (AvgIpc) is 2.84. The van der Waals surface area contributed by atoms with Gasteiger partial charge in [-0.15, -0.1) is 11.3 Å². The van der Waals surface area contributed by atoms with Crippen molar-refractivity contribution in [3.8, 4) is 0 Å². The lowest BCUT2D eigenvalue weighted by molar-refractivity contribution is -0.151. The van der Waals surface area contributed by atoms with Gasteiger partial charge < -0.3 is 10.0 Å². The summed E-state index contributed by atoms with van der Waals surface area (Å²) in [4.78, 5) is 25.9. The predicted octanol–water partition coefficient (Wildman–Crippen LogP) is 3.26. The van der Waals surface area contributed by atoms with Gasteiger partial charge in [0.15, 0.2) is 0 Å². The minimum Gasteiger partial charge on any atom is -0.479 e. The van der Waals surface area contributed by atoms with Gasteiger partial charge in [-0.25, -0.2) is 4.79 Å². The molecule has 0 aromatic carbocycles. The van der Waals surface area contributed by atoms with Crippen LogP contribution in [-0.4, -0.2) is 34.5 Å². The van der Waals surface area contributed by atoms with E-state index in [0.717, 1.165) is 19.3 Å². The molecule has 0 atom stereocenters. The zero-order valence-electron chi connectivity index (χ0n) is 10.7. The Morgan fingerprint density at radius 2 is 1.95 bits per heavy atom. The number of carboxylic acids is 1. The summed E-state index contributed by atoms with van der Waals surface area (Å²) >= 11 is 7.00. The van der Waals surface area contributed by atoms with Gasteiger partial charge in [-0.2, -0.15) is 0 Å². The molecule has 1 aliphatic carbocycles. The Labute approximate surface area is 121 Å². The van der Waals surface area contributed by atoms with Gasteiger partial charge in [-0.3, -0.25) is 4.79 Å². The molecule has 0 unspecified atom stereocenters. The van der Waals surface area contributed by atoms with E-state index in [1.54, 1.807) is 19.2 Å². The fraction of sp³-hybridized carbons (Fsp3) is 0.538. The summed E-state index contributed by atoms with van der Waals surface area (Å²) in [7, 11) is 1.58. The Hall–Kier alpha value is -1.07. The first kappa shape index (κ1) is 14.3. The van der Waals surface area contributed by atoms with E-state index >= 15 is 0 Å². The van der Waals surface area contributed by atoms with Gasteiger partial charge in [0.2, 0.25) is 0 Å². The standard InChI is InChI=1S/C13H16ClNO3S/c1-15(11(16)9-5-6-10(14)19-9)13(12(17)18)7-3-2-4-8-13/h5-6H,2-4,7-8H2,1H3,(H,17,18). The molecule has 1 amide bonds. The number of carbonyl (C=O) groups excluding carboxylic acids is 1. The van der Waals surface area contributed by atoms with Crippen molar-refractivity contribution in [2.24, 2.45) is 0 Å². The fourth-order valence-electron chi connectivity index (χ4n) is 2.62. The zero-order chi connectivity index (χ0) is 14.0. The molecule has 104 valence electrons. The molecule has 1 aromatic rings. The smallest absolute Gasteiger partial charge is 0.329 e. The van der Waals surface area contributed by atoms with Gasteiger partial charge in [-0.05, 0) is 25.0 Å². The van der Waals surface area contributed by atoms with E-state index < -0.39 is 11.5 Å². The highest BCUT2D eigenvalue weighted by Gasteiger charge is 2.45. The summed E-state index contributed by atoms with van der Waals surface area (Å²) in [5, 5.41) is 9.54. The lowest BCUT2D eigenvalue weighted by Gasteiger charge is -2.40. The maximum absolute atomic E-state index is 12.4. The largest absolute Gasteiger partial charge is 0.479 e. The summed E-state index contributed by atoms with van der Waals surface area (Å²) in [6, 6.07) is 3.30. The van der Waals surface area contributed by atoms with Gasteiger partial charge in [0, 0.05) is 7.05 Å². The Bertz CT molecular complexity index is 494. The summed E-state index contributed by atoms with van der Waals surface area (Å²) in [5.74, 6) is -1.17. The summed E-state index contributed by atoms with van der Waals surface area (Å²) in [6.45, 7) is 0. The van der Waals surface area contributed by atoms with Gasteiger partial charge >= 0.3 is 5.97 Å². The second kappa shape index (κ2) is 5.51. The normalized spacial score (nSPS) is 18.0. The lowest BCUT2D eigenvalue weighted by Crippen LogP contribution is -2.56. The number of aliphatic carboxylic acids is 1. The van der Waals surface area contributed by atoms with E-state index in [0.29, 0.717) is 22.1 Å². The van der Waals surface area contributed by atoms with Crippen LogP contribution in [0.25, 0.3) is 0 Å². The molecule has 1 aromatic heterocycles. The zero-order valence-corrected chi connectivity index (χ0v) is 12.3. The van der Waals surface area contributed by atoms with E-state index in [4.69, 9.17) is 11.6 Å². The molecule has 1 saturated carbocycles. The highest BCUT2D eigenvalue weighted by atomic mass is 35.5. The second-order valence-electron chi connectivity index (χ2n) is 4.87. The van der Waals surface area contributed by atoms with Crippen molar-refractivity contribution in [3.63, 3.8) is 0 Å². The third-order valence-electron chi connectivity index (χ3n) is 3.81. The van der Waals surface area contributed by atoms with E-state index in [-0.39, 0.29) is 5.91 Å². The van der Waals surface area contributed by atoms with Crippen LogP contribution < -0.4 is 0 Å². The number of carboxylic acid groups (broad SMARTS) is 1. The van der Waals surface area contributed by atoms with E-state index in [2.05, 4.69) is 0 Å². The van der Waals surface area contributed by atoms with Crippen LogP contribution in [0.1, 0.15) is 41.8 Å². The van der Waals surface area contributed by atoms with Crippen molar-refractivity contribution < 1.29 is 14.7 Å². The molecule has 1 N–H and O–H groups in total. The van der Waals surface area contributed by atoms with Crippen LogP contribution in [0.3, 0.4) is 0 Å². The monoisotopic (exact) mass is 301 g/mol. The Morgan fingerprint density at radius 1 is 1.32 bits per heavy atom. The number of nitrogens with zero attached hydrogens (tertiary/aromatic N) is 1. The number of halogens is 1. The first-order valence-corrected chi connectivity index (χ1v) is 7.44. The topological polar surface area (TPSA) is 57.6 Å². The van der Waals surface area contributed by atoms with E-state index in [9.17, 15) is 14.7 Å². The van der Waals surface area contributed by atoms with Crippen molar-refractivity contribution in [1.29, 1.82) is 0 Å². The van der Waals surface area contributed by atoms with Crippen molar-refractivity contribution >= 4 is 34.8 Å².